The smallest absolute Gasteiger partial charge is 0.306 e. The molecule has 3 nitrogen and oxygen atoms in total. The van der Waals surface area contributed by atoms with E-state index in [0.29, 0.717) is 11.8 Å². The molecule has 0 aliphatic carbocycles. The second-order valence-electron chi connectivity index (χ2n) is 3.78. The predicted molar refractivity (Wildman–Crippen MR) is 70.4 cm³/mol. The number of nitrogens with one attached hydrogen (secondary N) is 2. The van der Waals surface area contributed by atoms with Gasteiger partial charge < -0.3 is 10.6 Å². The van der Waals surface area contributed by atoms with Crippen molar-refractivity contribution in [3.05, 3.63) is 58.9 Å². The van der Waals surface area contributed by atoms with Crippen molar-refractivity contribution in [3.8, 4) is 0 Å². The van der Waals surface area contributed by atoms with Gasteiger partial charge in [-0.3, -0.25) is 0 Å². The molecule has 0 unspecified atom stereocenters. The van der Waals surface area contributed by atoms with E-state index in [1.807, 2.05) is 0 Å². The fourth-order valence-corrected chi connectivity index (χ4v) is 1.64. The predicted octanol–water partition coefficient (Wildman–Crippen LogP) is 4.40. The Bertz CT molecular complexity index is 664. The van der Waals surface area contributed by atoms with Crippen molar-refractivity contribution in [1.82, 2.24) is 0 Å². The van der Waals surface area contributed by atoms with Gasteiger partial charge in [-0.05, 0) is 24.3 Å². The Kier molecular flexibility index (Phi) is 4.14. The Balaban J connectivity index is 2.13. The zero-order valence-corrected chi connectivity index (χ0v) is 10.6. The van der Waals surface area contributed by atoms with E-state index in [2.05, 4.69) is 10.6 Å². The van der Waals surface area contributed by atoms with E-state index in [1.54, 1.807) is 18.2 Å². The minimum absolute atomic E-state index is 0.286. The molecule has 0 bridgehead atoms. The number of carbonyl (C=O) groups is 1. The zero-order chi connectivity index (χ0) is 14.7. The summed E-state index contributed by atoms with van der Waals surface area (Å²) in [4.78, 5) is 11.6. The fourth-order valence-electron chi connectivity index (χ4n) is 1.46. The van der Waals surface area contributed by atoms with Gasteiger partial charge in [-0.1, -0.05) is 23.7 Å². The monoisotopic (exact) mass is 300 g/mol. The zero-order valence-electron chi connectivity index (χ0n) is 9.88. The molecule has 20 heavy (non-hydrogen) atoms. The molecule has 0 spiro atoms. The van der Waals surface area contributed by atoms with Crippen LogP contribution in [0.1, 0.15) is 0 Å². The highest BCUT2D eigenvalue weighted by Gasteiger charge is 2.15. The van der Waals surface area contributed by atoms with Gasteiger partial charge in [0.25, 0.3) is 0 Å². The molecule has 7 heteroatoms. The summed E-state index contributed by atoms with van der Waals surface area (Å²) < 4.78 is 39.1. The lowest BCUT2D eigenvalue weighted by atomic mass is 10.3. The number of anilines is 2. The third-order valence-corrected chi connectivity index (χ3v) is 2.74. The Morgan fingerprint density at radius 1 is 0.900 bits per heavy atom. The number of benzene rings is 2. The van der Waals surface area contributed by atoms with Crippen molar-refractivity contribution in [3.63, 3.8) is 0 Å². The summed E-state index contributed by atoms with van der Waals surface area (Å²) in [7, 11) is 0. The van der Waals surface area contributed by atoms with Crippen LogP contribution in [0.3, 0.4) is 0 Å². The van der Waals surface area contributed by atoms with Gasteiger partial charge in [-0.25, -0.2) is 18.0 Å². The molecular weight excluding hydrogens is 293 g/mol. The Hall–Kier alpha value is -2.21. The van der Waals surface area contributed by atoms with Gasteiger partial charge in [0.2, 0.25) is 0 Å². The van der Waals surface area contributed by atoms with Crippen molar-refractivity contribution in [2.45, 2.75) is 0 Å². The van der Waals surface area contributed by atoms with Crippen molar-refractivity contribution >= 4 is 29.0 Å². The first-order chi connectivity index (χ1) is 9.49. The summed E-state index contributed by atoms with van der Waals surface area (Å²) in [6, 6.07) is 7.19. The first-order valence-corrected chi connectivity index (χ1v) is 5.83. The van der Waals surface area contributed by atoms with Crippen LogP contribution in [0, 0.1) is 17.5 Å². The Labute approximate surface area is 117 Å². The van der Waals surface area contributed by atoms with Gasteiger partial charge in [0.15, 0.2) is 17.5 Å². The summed E-state index contributed by atoms with van der Waals surface area (Å²) >= 11 is 5.82. The maximum Gasteiger partial charge on any atom is 0.323 e. The lowest BCUT2D eigenvalue weighted by Crippen LogP contribution is -2.20. The lowest BCUT2D eigenvalue weighted by molar-refractivity contribution is 0.262. The SMILES string of the molecule is O=C(Nc1ccccc1Cl)Nc1ccc(F)c(F)c1F. The maximum atomic E-state index is 13.4. The highest BCUT2D eigenvalue weighted by Crippen LogP contribution is 2.22. The Morgan fingerprint density at radius 2 is 1.55 bits per heavy atom. The van der Waals surface area contributed by atoms with Gasteiger partial charge in [0.1, 0.15) is 0 Å². The summed E-state index contributed by atoms with van der Waals surface area (Å²) in [5.41, 5.74) is -0.178. The minimum atomic E-state index is -1.65. The van der Waals surface area contributed by atoms with Crippen LogP contribution < -0.4 is 10.6 Å². The lowest BCUT2D eigenvalue weighted by Gasteiger charge is -2.10. The topological polar surface area (TPSA) is 41.1 Å². The van der Waals surface area contributed by atoms with Crippen LogP contribution in [0.5, 0.6) is 0 Å². The van der Waals surface area contributed by atoms with Gasteiger partial charge in [0.05, 0.1) is 16.4 Å². The maximum absolute atomic E-state index is 13.4. The third-order valence-electron chi connectivity index (χ3n) is 2.41. The summed E-state index contributed by atoms with van der Waals surface area (Å²) in [5.74, 6) is -4.46. The molecule has 0 fully saturated rings. The summed E-state index contributed by atoms with van der Waals surface area (Å²) in [5, 5.41) is 4.70. The van der Waals surface area contributed by atoms with Crippen LogP contribution in [-0.4, -0.2) is 6.03 Å². The van der Waals surface area contributed by atoms with Gasteiger partial charge in [-0.15, -0.1) is 0 Å². The Morgan fingerprint density at radius 3 is 2.25 bits per heavy atom. The van der Waals surface area contributed by atoms with E-state index in [-0.39, 0.29) is 5.02 Å². The van der Waals surface area contributed by atoms with E-state index in [0.717, 1.165) is 6.07 Å². The molecule has 2 aromatic carbocycles. The van der Waals surface area contributed by atoms with E-state index < -0.39 is 29.2 Å². The third kappa shape index (κ3) is 3.03. The molecule has 0 atom stereocenters. The second-order valence-corrected chi connectivity index (χ2v) is 4.19. The number of rotatable bonds is 2. The highest BCUT2D eigenvalue weighted by atomic mass is 35.5. The molecule has 2 N–H and O–H groups in total. The van der Waals surface area contributed by atoms with Crippen molar-refractivity contribution < 1.29 is 18.0 Å². The molecule has 2 rings (SSSR count). The second kappa shape index (κ2) is 5.83. The van der Waals surface area contributed by atoms with Gasteiger partial charge >= 0.3 is 6.03 Å². The van der Waals surface area contributed by atoms with E-state index in [9.17, 15) is 18.0 Å². The standard InChI is InChI=1S/C13H8ClF3N2O/c14-7-3-1-2-4-9(7)18-13(20)19-10-6-5-8(15)11(16)12(10)17/h1-6H,(H2,18,19,20). The summed E-state index contributed by atoms with van der Waals surface area (Å²) in [6.45, 7) is 0. The van der Waals surface area contributed by atoms with E-state index in [4.69, 9.17) is 11.6 Å². The van der Waals surface area contributed by atoms with E-state index in [1.165, 1.54) is 6.07 Å². The van der Waals surface area contributed by atoms with E-state index >= 15 is 0 Å². The molecule has 2 aromatic rings. The van der Waals surface area contributed by atoms with Crippen LogP contribution >= 0.6 is 11.6 Å². The van der Waals surface area contributed by atoms with Crippen LogP contribution in [0.2, 0.25) is 5.02 Å². The number of halogens is 4. The quantitative estimate of drug-likeness (QED) is 0.793. The molecule has 0 aliphatic rings. The number of para-hydroxylation sites is 1. The normalized spacial score (nSPS) is 10.2. The largest absolute Gasteiger partial charge is 0.323 e. The van der Waals surface area contributed by atoms with Crippen molar-refractivity contribution in [2.75, 3.05) is 10.6 Å². The first kappa shape index (κ1) is 14.2. The molecule has 0 saturated carbocycles. The molecule has 0 aliphatic heterocycles. The molecule has 2 amide bonds. The molecule has 0 heterocycles. The molecule has 0 radical (unpaired) electrons. The van der Waals surface area contributed by atoms with Crippen LogP contribution in [0.25, 0.3) is 0 Å². The number of hydrogen-bond donors (Lipinski definition) is 2. The molecule has 0 aromatic heterocycles. The van der Waals surface area contributed by atoms with Crippen molar-refractivity contribution in [2.24, 2.45) is 0 Å². The number of hydrogen-bond acceptors (Lipinski definition) is 1. The number of amides is 2. The van der Waals surface area contributed by atoms with Gasteiger partial charge in [0, 0.05) is 0 Å². The van der Waals surface area contributed by atoms with Crippen molar-refractivity contribution in [1.29, 1.82) is 0 Å². The molecular formula is C13H8ClF3N2O. The van der Waals surface area contributed by atoms with Crippen LogP contribution in [0.15, 0.2) is 36.4 Å². The first-order valence-electron chi connectivity index (χ1n) is 5.45. The highest BCUT2D eigenvalue weighted by molar-refractivity contribution is 6.33. The van der Waals surface area contributed by atoms with Gasteiger partial charge in [-0.2, -0.15) is 0 Å². The molecule has 104 valence electrons. The number of urea groups is 1. The average Bonchev–Trinajstić information content (AvgIpc) is 2.42. The van der Waals surface area contributed by atoms with Crippen LogP contribution in [0.4, 0.5) is 29.3 Å². The average molecular weight is 301 g/mol. The minimum Gasteiger partial charge on any atom is -0.306 e. The summed E-state index contributed by atoms with van der Waals surface area (Å²) in [6.07, 6.45) is 0. The van der Waals surface area contributed by atoms with Crippen LogP contribution in [-0.2, 0) is 0 Å². The fraction of sp³-hybridized carbons (Fsp3) is 0. The number of carbonyl (C=O) groups excluding carboxylic acids is 1. The molecule has 0 saturated heterocycles.